The van der Waals surface area contributed by atoms with Crippen LogP contribution in [0.3, 0.4) is 0 Å². The molecule has 1 aromatic heterocycles. The Morgan fingerprint density at radius 1 is 1.07 bits per heavy atom. The Balaban J connectivity index is 1.30. The van der Waals surface area contributed by atoms with Gasteiger partial charge in [0.25, 0.3) is 5.92 Å². The van der Waals surface area contributed by atoms with Gasteiger partial charge in [0.1, 0.15) is 0 Å². The molecule has 2 fully saturated rings. The van der Waals surface area contributed by atoms with Crippen molar-refractivity contribution in [3.63, 3.8) is 0 Å². The van der Waals surface area contributed by atoms with Gasteiger partial charge in [0.15, 0.2) is 5.82 Å². The number of rotatable bonds is 4. The number of halogens is 2. The molecule has 0 bridgehead atoms. The lowest BCUT2D eigenvalue weighted by Gasteiger charge is -2.35. The summed E-state index contributed by atoms with van der Waals surface area (Å²) in [6.45, 7) is 4.62. The van der Waals surface area contributed by atoms with Crippen LogP contribution in [0.2, 0.25) is 0 Å². The monoisotopic (exact) mass is 372 g/mol. The Morgan fingerprint density at radius 2 is 1.74 bits per heavy atom. The molecular weight excluding hydrogens is 350 g/mol. The number of hydrogen-bond donors (Lipinski definition) is 0. The van der Waals surface area contributed by atoms with Gasteiger partial charge in [-0.3, -0.25) is 4.79 Å². The lowest BCUT2D eigenvalue weighted by atomic mass is 10.1. The second-order valence-corrected chi connectivity index (χ2v) is 7.34. The summed E-state index contributed by atoms with van der Waals surface area (Å²) in [5.41, 5.74) is 2.40. The van der Waals surface area contributed by atoms with Gasteiger partial charge in [-0.25, -0.2) is 8.78 Å². The fraction of sp³-hybridized carbons (Fsp3) is 0.450. The number of alkyl halides is 2. The van der Waals surface area contributed by atoms with Crippen LogP contribution in [-0.4, -0.2) is 53.1 Å². The van der Waals surface area contributed by atoms with Crippen molar-refractivity contribution in [2.24, 2.45) is 0 Å². The average Bonchev–Trinajstić information content (AvgIpc) is 3.31. The first-order valence-electron chi connectivity index (χ1n) is 9.22. The molecule has 5 nitrogen and oxygen atoms in total. The van der Waals surface area contributed by atoms with Crippen LogP contribution in [-0.2, 0) is 11.2 Å². The van der Waals surface area contributed by atoms with Gasteiger partial charge in [-0.2, -0.15) is 5.10 Å². The number of hydrogen-bond acceptors (Lipinski definition) is 4. The van der Waals surface area contributed by atoms with Gasteiger partial charge in [0.05, 0.1) is 18.0 Å². The molecule has 1 aliphatic heterocycles. The number of anilines is 1. The highest BCUT2D eigenvalue weighted by atomic mass is 19.3. The third-order valence-electron chi connectivity index (χ3n) is 5.30. The van der Waals surface area contributed by atoms with Crippen LogP contribution >= 0.6 is 0 Å². The quantitative estimate of drug-likeness (QED) is 0.828. The number of piperazine rings is 1. The van der Waals surface area contributed by atoms with Gasteiger partial charge >= 0.3 is 0 Å². The van der Waals surface area contributed by atoms with Crippen molar-refractivity contribution in [3.8, 4) is 0 Å². The number of benzene rings is 1. The van der Waals surface area contributed by atoms with Crippen LogP contribution in [0.25, 0.3) is 0 Å². The van der Waals surface area contributed by atoms with Crippen molar-refractivity contribution in [1.82, 2.24) is 15.1 Å². The van der Waals surface area contributed by atoms with Gasteiger partial charge < -0.3 is 9.80 Å². The maximum Gasteiger partial charge on any atom is 0.255 e. The van der Waals surface area contributed by atoms with E-state index < -0.39 is 11.8 Å². The minimum Gasteiger partial charge on any atom is -0.352 e. The molecule has 142 valence electrons. The maximum absolute atomic E-state index is 13.1. The van der Waals surface area contributed by atoms with Crippen LogP contribution in [0.1, 0.15) is 29.2 Å². The number of aryl methyl sites for hydroxylation is 1. The van der Waals surface area contributed by atoms with Crippen molar-refractivity contribution < 1.29 is 13.6 Å². The van der Waals surface area contributed by atoms with Crippen LogP contribution in [0.15, 0.2) is 36.4 Å². The molecule has 27 heavy (non-hydrogen) atoms. The number of amides is 1. The third kappa shape index (κ3) is 3.91. The van der Waals surface area contributed by atoms with E-state index in [9.17, 15) is 13.6 Å². The van der Waals surface area contributed by atoms with Crippen molar-refractivity contribution in [2.45, 2.75) is 31.6 Å². The first-order valence-corrected chi connectivity index (χ1v) is 9.22. The van der Waals surface area contributed by atoms with Crippen molar-refractivity contribution in [1.29, 1.82) is 0 Å². The summed E-state index contributed by atoms with van der Waals surface area (Å²) in [6, 6.07) is 10.9. The Labute approximate surface area is 157 Å². The predicted molar refractivity (Wildman–Crippen MR) is 98.0 cm³/mol. The van der Waals surface area contributed by atoms with Gasteiger partial charge in [0.2, 0.25) is 5.91 Å². The molecule has 2 aromatic rings. The predicted octanol–water partition coefficient (Wildman–Crippen LogP) is 2.80. The highest BCUT2D eigenvalue weighted by Crippen LogP contribution is 2.55. The Hall–Kier alpha value is -2.57. The van der Waals surface area contributed by atoms with Crippen LogP contribution < -0.4 is 4.90 Å². The van der Waals surface area contributed by atoms with Crippen molar-refractivity contribution in [3.05, 3.63) is 53.2 Å². The van der Waals surface area contributed by atoms with Crippen molar-refractivity contribution >= 4 is 11.7 Å². The zero-order valence-corrected chi connectivity index (χ0v) is 15.2. The van der Waals surface area contributed by atoms with Gasteiger partial charge in [-0.1, -0.05) is 24.3 Å². The Morgan fingerprint density at radius 3 is 2.30 bits per heavy atom. The Bertz CT molecular complexity index is 815. The van der Waals surface area contributed by atoms with E-state index in [-0.39, 0.29) is 12.3 Å². The third-order valence-corrected chi connectivity index (χ3v) is 5.30. The maximum atomic E-state index is 13.1. The number of carbonyl (C=O) groups excluding carboxylic acids is 1. The summed E-state index contributed by atoms with van der Waals surface area (Å²) >= 11 is 0. The summed E-state index contributed by atoms with van der Waals surface area (Å²) in [7, 11) is 0. The van der Waals surface area contributed by atoms with E-state index in [2.05, 4.69) is 15.1 Å². The molecular formula is C20H22F2N4O. The first kappa shape index (κ1) is 17.8. The fourth-order valence-corrected chi connectivity index (χ4v) is 3.47. The van der Waals surface area contributed by atoms with E-state index >= 15 is 0 Å². The second-order valence-electron chi connectivity index (χ2n) is 7.34. The summed E-state index contributed by atoms with van der Waals surface area (Å²) < 4.78 is 26.3. The molecule has 1 saturated carbocycles. The zero-order valence-electron chi connectivity index (χ0n) is 15.2. The molecule has 2 aliphatic rings. The van der Waals surface area contributed by atoms with E-state index in [1.165, 1.54) is 0 Å². The first-order chi connectivity index (χ1) is 12.9. The number of carbonyl (C=O) groups is 1. The SMILES string of the molecule is Cc1ccc(N2CCN(C(=O)Cc3ccc(C4CC4(F)F)cc3)CC2)nn1. The number of nitrogens with zero attached hydrogens (tertiary/aromatic N) is 4. The lowest BCUT2D eigenvalue weighted by Crippen LogP contribution is -2.49. The highest BCUT2D eigenvalue weighted by molar-refractivity contribution is 5.79. The molecule has 4 rings (SSSR count). The minimum absolute atomic E-state index is 0.0640. The van der Waals surface area contributed by atoms with E-state index in [1.807, 2.05) is 24.0 Å². The molecule has 2 heterocycles. The minimum atomic E-state index is -2.56. The molecule has 0 radical (unpaired) electrons. The largest absolute Gasteiger partial charge is 0.352 e. The molecule has 1 amide bonds. The second kappa shape index (κ2) is 6.87. The summed E-state index contributed by atoms with van der Waals surface area (Å²) in [6.07, 6.45) is 0.229. The van der Waals surface area contributed by atoms with Gasteiger partial charge in [-0.15, -0.1) is 5.10 Å². The normalized spacial score (nSPS) is 21.2. The zero-order chi connectivity index (χ0) is 19.0. The number of aromatic nitrogens is 2. The molecule has 0 N–H and O–H groups in total. The van der Waals surface area contributed by atoms with E-state index in [1.54, 1.807) is 24.3 Å². The lowest BCUT2D eigenvalue weighted by molar-refractivity contribution is -0.130. The molecule has 0 spiro atoms. The van der Waals surface area contributed by atoms with Crippen LogP contribution in [0, 0.1) is 6.92 Å². The summed E-state index contributed by atoms with van der Waals surface area (Å²) in [4.78, 5) is 16.5. The molecule has 1 atom stereocenters. The average molecular weight is 372 g/mol. The molecule has 1 unspecified atom stereocenters. The van der Waals surface area contributed by atoms with E-state index in [0.717, 1.165) is 30.2 Å². The van der Waals surface area contributed by atoms with Crippen LogP contribution in [0.4, 0.5) is 14.6 Å². The topological polar surface area (TPSA) is 49.3 Å². The Kier molecular flexibility index (Phi) is 4.53. The van der Waals surface area contributed by atoms with Crippen LogP contribution in [0.5, 0.6) is 0 Å². The van der Waals surface area contributed by atoms with Gasteiger partial charge in [0, 0.05) is 32.6 Å². The summed E-state index contributed by atoms with van der Waals surface area (Å²) in [5.74, 6) is -2.31. The van der Waals surface area contributed by atoms with Crippen molar-refractivity contribution in [2.75, 3.05) is 31.1 Å². The smallest absolute Gasteiger partial charge is 0.255 e. The standard InChI is InChI=1S/C20H22F2N4O/c1-14-2-7-18(24-23-14)25-8-10-26(11-9-25)19(27)12-15-3-5-16(6-4-15)17-13-20(17,21)22/h2-7,17H,8-13H2,1H3. The van der Waals surface area contributed by atoms with E-state index in [4.69, 9.17) is 0 Å². The molecule has 1 aliphatic carbocycles. The molecule has 7 heteroatoms. The molecule has 1 aromatic carbocycles. The van der Waals surface area contributed by atoms with Gasteiger partial charge in [-0.05, 0) is 30.2 Å². The molecule has 1 saturated heterocycles. The highest BCUT2D eigenvalue weighted by Gasteiger charge is 2.57. The van der Waals surface area contributed by atoms with E-state index in [0.29, 0.717) is 25.1 Å². The summed E-state index contributed by atoms with van der Waals surface area (Å²) in [5, 5.41) is 8.27. The fourth-order valence-electron chi connectivity index (χ4n) is 3.47.